The van der Waals surface area contributed by atoms with E-state index in [4.69, 9.17) is 9.26 Å². The summed E-state index contributed by atoms with van der Waals surface area (Å²) in [5.74, 6) is 1.04. The van der Waals surface area contributed by atoms with Gasteiger partial charge in [-0.2, -0.15) is 4.98 Å². The minimum absolute atomic E-state index is 0.132. The molecule has 0 aliphatic carbocycles. The first kappa shape index (κ1) is 15.3. The van der Waals surface area contributed by atoms with Gasteiger partial charge in [0, 0.05) is 17.1 Å². The van der Waals surface area contributed by atoms with Gasteiger partial charge in [-0.25, -0.2) is 4.39 Å². The van der Waals surface area contributed by atoms with Crippen LogP contribution in [0.25, 0.3) is 22.3 Å². The van der Waals surface area contributed by atoms with Crippen molar-refractivity contribution in [2.75, 3.05) is 0 Å². The highest BCUT2D eigenvalue weighted by Crippen LogP contribution is 2.21. The Morgan fingerprint density at radius 3 is 2.92 bits per heavy atom. The molecule has 6 heteroatoms. The minimum atomic E-state index is -0.301. The lowest BCUT2D eigenvalue weighted by Crippen LogP contribution is -1.96. The van der Waals surface area contributed by atoms with Crippen LogP contribution < -0.4 is 4.74 Å². The van der Waals surface area contributed by atoms with Gasteiger partial charge in [-0.3, -0.25) is 4.98 Å². The summed E-state index contributed by atoms with van der Waals surface area (Å²) in [6, 6.07) is 14.3. The Bertz CT molecular complexity index is 1050. The zero-order valence-corrected chi connectivity index (χ0v) is 13.4. The van der Waals surface area contributed by atoms with Crippen molar-refractivity contribution in [2.45, 2.75) is 13.5 Å². The highest BCUT2D eigenvalue weighted by Gasteiger charge is 2.11. The highest BCUT2D eigenvalue weighted by atomic mass is 19.1. The third-order valence-corrected chi connectivity index (χ3v) is 3.83. The second-order valence-corrected chi connectivity index (χ2v) is 5.62. The molecule has 0 radical (unpaired) electrons. The van der Waals surface area contributed by atoms with E-state index in [2.05, 4.69) is 15.1 Å². The number of benzene rings is 2. The van der Waals surface area contributed by atoms with Crippen LogP contribution >= 0.6 is 0 Å². The number of hydrogen-bond donors (Lipinski definition) is 0. The van der Waals surface area contributed by atoms with Gasteiger partial charge in [0.1, 0.15) is 11.6 Å². The molecule has 0 aliphatic heterocycles. The quantitative estimate of drug-likeness (QED) is 0.556. The molecule has 124 valence electrons. The molecule has 0 atom stereocenters. The predicted molar refractivity (Wildman–Crippen MR) is 90.5 cm³/mol. The maximum absolute atomic E-state index is 13.7. The lowest BCUT2D eigenvalue weighted by atomic mass is 10.1. The Morgan fingerprint density at radius 2 is 2.04 bits per heavy atom. The molecule has 4 rings (SSSR count). The largest absolute Gasteiger partial charge is 0.484 e. The van der Waals surface area contributed by atoms with Gasteiger partial charge in [0.25, 0.3) is 5.89 Å². The van der Waals surface area contributed by atoms with Gasteiger partial charge in [-0.1, -0.05) is 23.4 Å². The van der Waals surface area contributed by atoms with Gasteiger partial charge >= 0.3 is 0 Å². The molecule has 5 nitrogen and oxygen atoms in total. The fourth-order valence-corrected chi connectivity index (χ4v) is 2.45. The van der Waals surface area contributed by atoms with Gasteiger partial charge in [0.15, 0.2) is 6.61 Å². The summed E-state index contributed by atoms with van der Waals surface area (Å²) in [6.45, 7) is 1.83. The van der Waals surface area contributed by atoms with Gasteiger partial charge < -0.3 is 9.26 Å². The lowest BCUT2D eigenvalue weighted by molar-refractivity contribution is 0.243. The van der Waals surface area contributed by atoms with E-state index in [9.17, 15) is 4.39 Å². The molecular weight excluding hydrogens is 321 g/mol. The standard InChI is InChI=1S/C19H14FN3O2/c1-12-4-5-14(10-16(12)20)19-22-18(25-23-19)11-24-15-6-7-17-13(9-15)3-2-8-21-17/h2-10H,11H2,1H3. The van der Waals surface area contributed by atoms with Crippen LogP contribution in [0.1, 0.15) is 11.5 Å². The molecule has 0 bridgehead atoms. The van der Waals surface area contributed by atoms with Crippen LogP contribution in [0.4, 0.5) is 4.39 Å². The average molecular weight is 335 g/mol. The van der Waals surface area contributed by atoms with Crippen LogP contribution in [0.3, 0.4) is 0 Å². The molecule has 2 aromatic heterocycles. The average Bonchev–Trinajstić information content (AvgIpc) is 3.11. The molecule has 0 N–H and O–H groups in total. The first-order chi connectivity index (χ1) is 12.2. The van der Waals surface area contributed by atoms with E-state index in [0.29, 0.717) is 28.6 Å². The molecule has 0 fully saturated rings. The summed E-state index contributed by atoms with van der Waals surface area (Å²) in [7, 11) is 0. The zero-order valence-electron chi connectivity index (χ0n) is 13.4. The highest BCUT2D eigenvalue weighted by molar-refractivity contribution is 5.79. The number of fused-ring (bicyclic) bond motifs is 1. The SMILES string of the molecule is Cc1ccc(-c2noc(COc3ccc4ncccc4c3)n2)cc1F. The number of nitrogens with zero attached hydrogens (tertiary/aromatic N) is 3. The van der Waals surface area contributed by atoms with Crippen molar-refractivity contribution in [3.8, 4) is 17.1 Å². The molecule has 0 unspecified atom stereocenters. The normalized spacial score (nSPS) is 11.0. The second-order valence-electron chi connectivity index (χ2n) is 5.62. The number of pyridine rings is 1. The third kappa shape index (κ3) is 3.19. The number of halogens is 1. The molecule has 2 heterocycles. The maximum atomic E-state index is 13.7. The summed E-state index contributed by atoms with van der Waals surface area (Å²) in [6.07, 6.45) is 1.75. The fraction of sp³-hybridized carbons (Fsp3) is 0.105. The van der Waals surface area contributed by atoms with Crippen molar-refractivity contribution >= 4 is 10.9 Å². The van der Waals surface area contributed by atoms with Crippen molar-refractivity contribution in [1.82, 2.24) is 15.1 Å². The van der Waals surface area contributed by atoms with Crippen LogP contribution in [0.5, 0.6) is 5.75 Å². The van der Waals surface area contributed by atoms with Crippen LogP contribution in [-0.4, -0.2) is 15.1 Å². The van der Waals surface area contributed by atoms with Crippen molar-refractivity contribution in [2.24, 2.45) is 0 Å². The van der Waals surface area contributed by atoms with Crippen LogP contribution in [0.2, 0.25) is 0 Å². The van der Waals surface area contributed by atoms with E-state index in [1.54, 1.807) is 25.3 Å². The molecule has 0 amide bonds. The van der Waals surface area contributed by atoms with E-state index in [0.717, 1.165) is 10.9 Å². The van der Waals surface area contributed by atoms with Gasteiger partial charge in [-0.05, 0) is 42.8 Å². The molecular formula is C19H14FN3O2. The molecule has 25 heavy (non-hydrogen) atoms. The Morgan fingerprint density at radius 1 is 1.12 bits per heavy atom. The number of rotatable bonds is 4. The zero-order chi connectivity index (χ0) is 17.2. The molecule has 0 spiro atoms. The Hall–Kier alpha value is -3.28. The van der Waals surface area contributed by atoms with Gasteiger partial charge in [0.2, 0.25) is 5.82 Å². The number of ether oxygens (including phenoxy) is 1. The lowest BCUT2D eigenvalue weighted by Gasteiger charge is -2.04. The van der Waals surface area contributed by atoms with Gasteiger partial charge in [-0.15, -0.1) is 0 Å². The number of aromatic nitrogens is 3. The van der Waals surface area contributed by atoms with Crippen molar-refractivity contribution < 1.29 is 13.7 Å². The summed E-state index contributed by atoms with van der Waals surface area (Å²) < 4.78 is 24.5. The van der Waals surface area contributed by atoms with Crippen molar-refractivity contribution in [1.29, 1.82) is 0 Å². The van der Waals surface area contributed by atoms with Crippen LogP contribution in [0, 0.1) is 12.7 Å². The first-order valence-electron chi connectivity index (χ1n) is 7.76. The summed E-state index contributed by atoms with van der Waals surface area (Å²) in [5, 5.41) is 4.86. The molecule has 0 saturated carbocycles. The monoisotopic (exact) mass is 335 g/mol. The number of aryl methyl sites for hydroxylation is 1. The van der Waals surface area contributed by atoms with Crippen LogP contribution in [-0.2, 0) is 6.61 Å². The predicted octanol–water partition coefficient (Wildman–Crippen LogP) is 4.31. The fourth-order valence-electron chi connectivity index (χ4n) is 2.45. The second kappa shape index (κ2) is 6.32. The third-order valence-electron chi connectivity index (χ3n) is 3.83. The Balaban J connectivity index is 1.49. The maximum Gasteiger partial charge on any atom is 0.264 e. The van der Waals surface area contributed by atoms with E-state index in [1.807, 2.05) is 30.3 Å². The van der Waals surface area contributed by atoms with Crippen molar-refractivity contribution in [3.63, 3.8) is 0 Å². The molecule has 2 aromatic carbocycles. The summed E-state index contributed by atoms with van der Waals surface area (Å²) >= 11 is 0. The minimum Gasteiger partial charge on any atom is -0.484 e. The molecule has 0 aliphatic rings. The molecule has 4 aromatic rings. The summed E-state index contributed by atoms with van der Waals surface area (Å²) in [5.41, 5.74) is 2.03. The van der Waals surface area contributed by atoms with Crippen molar-refractivity contribution in [3.05, 3.63) is 72.0 Å². The Kier molecular flexibility index (Phi) is 3.85. The van der Waals surface area contributed by atoms with E-state index in [-0.39, 0.29) is 12.4 Å². The van der Waals surface area contributed by atoms with Crippen LogP contribution in [0.15, 0.2) is 59.3 Å². The Labute approximate surface area is 143 Å². The van der Waals surface area contributed by atoms with Gasteiger partial charge in [0.05, 0.1) is 5.52 Å². The first-order valence-corrected chi connectivity index (χ1v) is 7.76. The van der Waals surface area contributed by atoms with E-state index in [1.165, 1.54) is 6.07 Å². The number of hydrogen-bond acceptors (Lipinski definition) is 5. The van der Waals surface area contributed by atoms with E-state index >= 15 is 0 Å². The summed E-state index contributed by atoms with van der Waals surface area (Å²) in [4.78, 5) is 8.51. The molecule has 0 saturated heterocycles. The smallest absolute Gasteiger partial charge is 0.264 e. The topological polar surface area (TPSA) is 61.0 Å². The van der Waals surface area contributed by atoms with E-state index < -0.39 is 0 Å².